The van der Waals surface area contributed by atoms with Crippen molar-refractivity contribution in [2.24, 2.45) is 58.2 Å². The Balaban J connectivity index is 1.01. The number of rotatable bonds is 10. The lowest BCUT2D eigenvalue weighted by Gasteiger charge is -2.62. The Morgan fingerprint density at radius 3 is 2.54 bits per heavy atom. The van der Waals surface area contributed by atoms with Crippen molar-refractivity contribution in [3.63, 3.8) is 0 Å². The topological polar surface area (TPSA) is 123 Å². The SMILES string of the molecule is CC1CCC2C(C)(CO)C(OC3OC(CO)C(O)C(C)C3O)CCC2(C)C1CCC1=CC(CC2CC=C(N3CCN(C)C3)CC2)C2CC2C1=O. The summed E-state index contributed by atoms with van der Waals surface area (Å²) in [4.78, 5) is 18.6. The summed E-state index contributed by atoms with van der Waals surface area (Å²) < 4.78 is 12.4. The number of likely N-dealkylation sites (N-methyl/N-ethyl adjacent to an activating group) is 1. The van der Waals surface area contributed by atoms with E-state index >= 15 is 0 Å². The van der Waals surface area contributed by atoms with Crippen LogP contribution in [0.1, 0.15) is 98.3 Å². The standard InChI is InChI=1S/C41H66N2O7/c1-24-6-13-34-40(3,15-14-35(41(34,4)22-45)50-39-37(47)25(2)36(46)33(21-44)49-39)32(24)12-9-27-19-28(30-20-31(30)38(27)48)18-26-7-10-29(11-8-26)43-17-16-42(5)23-43/h10,19,24-26,28,30-37,39,44-47H,6-9,11-18,20-23H2,1-5H3. The summed E-state index contributed by atoms with van der Waals surface area (Å²) in [6.45, 7) is 11.7. The summed E-state index contributed by atoms with van der Waals surface area (Å²) in [5, 5.41) is 42.3. The summed E-state index contributed by atoms with van der Waals surface area (Å²) in [5.74, 6) is 3.18. The Bertz CT molecular complexity index is 1300. The third kappa shape index (κ3) is 6.68. The molecule has 2 aliphatic heterocycles. The number of aliphatic hydroxyl groups is 4. The van der Waals surface area contributed by atoms with Gasteiger partial charge in [-0.25, -0.2) is 0 Å². The number of ketones is 1. The molecule has 0 amide bonds. The van der Waals surface area contributed by atoms with Gasteiger partial charge in [-0.2, -0.15) is 0 Å². The minimum atomic E-state index is -1.02. The average Bonchev–Trinajstić information content (AvgIpc) is 3.81. The first-order chi connectivity index (χ1) is 23.9. The van der Waals surface area contributed by atoms with Gasteiger partial charge in [0.25, 0.3) is 0 Å². The third-order valence-electron chi connectivity index (χ3n) is 15.4. The molecule has 9 heteroatoms. The molecule has 2 saturated heterocycles. The van der Waals surface area contributed by atoms with E-state index in [0.717, 1.165) is 70.3 Å². The van der Waals surface area contributed by atoms with Gasteiger partial charge in [0.2, 0.25) is 0 Å². The summed E-state index contributed by atoms with van der Waals surface area (Å²) in [6, 6.07) is 0. The van der Waals surface area contributed by atoms with E-state index in [1.807, 2.05) is 0 Å². The molecule has 3 saturated carbocycles. The monoisotopic (exact) mass is 698 g/mol. The Morgan fingerprint density at radius 1 is 1.06 bits per heavy atom. The lowest BCUT2D eigenvalue weighted by atomic mass is 9.45. The molecule has 5 fully saturated rings. The summed E-state index contributed by atoms with van der Waals surface area (Å²) in [5.41, 5.74) is 2.10. The fourth-order valence-electron chi connectivity index (χ4n) is 12.1. The average molecular weight is 699 g/mol. The molecule has 2 heterocycles. The van der Waals surface area contributed by atoms with E-state index in [-0.39, 0.29) is 36.6 Å². The van der Waals surface area contributed by atoms with Crippen LogP contribution < -0.4 is 0 Å². The van der Waals surface area contributed by atoms with Crippen LogP contribution in [0.4, 0.5) is 0 Å². The molecule has 5 aliphatic carbocycles. The number of nitrogens with zero attached hydrogens (tertiary/aromatic N) is 2. The van der Waals surface area contributed by atoms with Gasteiger partial charge in [-0.1, -0.05) is 46.3 Å². The Hall–Kier alpha value is -1.33. The van der Waals surface area contributed by atoms with Crippen molar-refractivity contribution in [3.8, 4) is 0 Å². The van der Waals surface area contributed by atoms with Crippen molar-refractivity contribution in [3.05, 3.63) is 23.4 Å². The molecule has 0 bridgehead atoms. The predicted octanol–water partition coefficient (Wildman–Crippen LogP) is 4.73. The molecule has 7 aliphatic rings. The van der Waals surface area contributed by atoms with Crippen molar-refractivity contribution in [1.82, 2.24) is 9.80 Å². The predicted molar refractivity (Wildman–Crippen MR) is 191 cm³/mol. The normalized spacial score (nSPS) is 48.1. The maximum Gasteiger partial charge on any atom is 0.184 e. The van der Waals surface area contributed by atoms with Crippen molar-refractivity contribution in [2.75, 3.05) is 40.0 Å². The first kappa shape index (κ1) is 37.0. The minimum Gasteiger partial charge on any atom is -0.396 e. The fourth-order valence-corrected chi connectivity index (χ4v) is 12.1. The molecule has 0 aromatic rings. The Morgan fingerprint density at radius 2 is 1.86 bits per heavy atom. The summed E-state index contributed by atoms with van der Waals surface area (Å²) >= 11 is 0. The first-order valence-corrected chi connectivity index (χ1v) is 20.1. The first-order valence-electron chi connectivity index (χ1n) is 20.1. The molecule has 7 rings (SSSR count). The van der Waals surface area contributed by atoms with Gasteiger partial charge in [0.15, 0.2) is 12.1 Å². The molecule has 0 spiro atoms. The van der Waals surface area contributed by atoms with Gasteiger partial charge in [0, 0.05) is 36.0 Å². The van der Waals surface area contributed by atoms with Crippen LogP contribution in [0.3, 0.4) is 0 Å². The van der Waals surface area contributed by atoms with Crippen LogP contribution in [0.25, 0.3) is 0 Å². The van der Waals surface area contributed by atoms with Gasteiger partial charge in [0.05, 0.1) is 32.1 Å². The van der Waals surface area contributed by atoms with E-state index in [9.17, 15) is 25.2 Å². The molecule has 15 atom stereocenters. The quantitative estimate of drug-likeness (QED) is 0.240. The molecule has 15 unspecified atom stereocenters. The zero-order valence-electron chi connectivity index (χ0n) is 31.4. The molecular weight excluding hydrogens is 632 g/mol. The number of hydrogen-bond acceptors (Lipinski definition) is 9. The van der Waals surface area contributed by atoms with Crippen LogP contribution in [0.5, 0.6) is 0 Å². The number of carbonyl (C=O) groups is 1. The molecule has 0 aromatic heterocycles. The minimum absolute atomic E-state index is 0.00571. The second kappa shape index (κ2) is 14.5. The van der Waals surface area contributed by atoms with E-state index in [4.69, 9.17) is 9.47 Å². The van der Waals surface area contributed by atoms with Gasteiger partial charge >= 0.3 is 0 Å². The van der Waals surface area contributed by atoms with Crippen LogP contribution >= 0.6 is 0 Å². The number of carbonyl (C=O) groups excluding carboxylic acids is 1. The number of hydrogen-bond donors (Lipinski definition) is 4. The third-order valence-corrected chi connectivity index (χ3v) is 15.4. The van der Waals surface area contributed by atoms with Gasteiger partial charge in [-0.05, 0) is 118 Å². The van der Waals surface area contributed by atoms with Crippen LogP contribution in [-0.2, 0) is 14.3 Å². The highest BCUT2D eigenvalue weighted by Gasteiger charge is 2.60. The zero-order chi connectivity index (χ0) is 35.5. The summed E-state index contributed by atoms with van der Waals surface area (Å²) in [6.07, 6.45) is 12.4. The molecular formula is C41H66N2O7. The Labute approximate surface area is 300 Å². The van der Waals surface area contributed by atoms with Crippen LogP contribution in [0.2, 0.25) is 0 Å². The number of fused-ring (bicyclic) bond motifs is 2. The zero-order valence-corrected chi connectivity index (χ0v) is 31.4. The van der Waals surface area contributed by atoms with Crippen LogP contribution in [0.15, 0.2) is 23.4 Å². The largest absolute Gasteiger partial charge is 0.396 e. The summed E-state index contributed by atoms with van der Waals surface area (Å²) in [7, 11) is 2.20. The number of allylic oxidation sites excluding steroid dienone is 4. The lowest BCUT2D eigenvalue weighted by Crippen LogP contribution is -2.61. The number of ether oxygens (including phenoxy) is 2. The van der Waals surface area contributed by atoms with Crippen LogP contribution in [0, 0.1) is 58.2 Å². The van der Waals surface area contributed by atoms with E-state index in [1.165, 1.54) is 25.7 Å². The maximum atomic E-state index is 13.6. The van der Waals surface area contributed by atoms with Gasteiger partial charge in [0.1, 0.15) is 12.2 Å². The highest BCUT2D eigenvalue weighted by Crippen LogP contribution is 2.63. The number of Topliss-reactive ketones (excluding diaryl/α,β-unsaturated/α-hetero) is 1. The Kier molecular flexibility index (Phi) is 10.7. The maximum absolute atomic E-state index is 13.6. The molecule has 282 valence electrons. The van der Waals surface area contributed by atoms with E-state index in [0.29, 0.717) is 35.4 Å². The van der Waals surface area contributed by atoms with Crippen molar-refractivity contribution in [1.29, 1.82) is 0 Å². The molecule has 0 aromatic carbocycles. The smallest absolute Gasteiger partial charge is 0.184 e. The molecule has 50 heavy (non-hydrogen) atoms. The van der Waals surface area contributed by atoms with E-state index in [2.05, 4.69) is 49.8 Å². The van der Waals surface area contributed by atoms with Gasteiger partial charge in [-0.3, -0.25) is 9.69 Å². The highest BCUT2D eigenvalue weighted by atomic mass is 16.7. The van der Waals surface area contributed by atoms with Gasteiger partial charge in [-0.15, -0.1) is 0 Å². The lowest BCUT2D eigenvalue weighted by molar-refractivity contribution is -0.322. The van der Waals surface area contributed by atoms with Crippen LogP contribution in [-0.4, -0.2) is 107 Å². The molecule has 0 radical (unpaired) electrons. The van der Waals surface area contributed by atoms with Gasteiger partial charge < -0.3 is 34.8 Å². The second-order valence-corrected chi connectivity index (χ2v) is 18.4. The number of aliphatic hydroxyl groups excluding tert-OH is 4. The second-order valence-electron chi connectivity index (χ2n) is 18.4. The molecule has 9 nitrogen and oxygen atoms in total. The van der Waals surface area contributed by atoms with Crippen molar-refractivity contribution in [2.45, 2.75) is 129 Å². The highest BCUT2D eigenvalue weighted by molar-refractivity contribution is 6.00. The van der Waals surface area contributed by atoms with Crippen molar-refractivity contribution >= 4 is 5.78 Å². The van der Waals surface area contributed by atoms with Crippen molar-refractivity contribution < 1.29 is 34.7 Å². The molecule has 4 N–H and O–H groups in total. The van der Waals surface area contributed by atoms with E-state index < -0.39 is 35.9 Å². The fraction of sp³-hybridized carbons (Fsp3) is 0.878. The van der Waals surface area contributed by atoms with E-state index in [1.54, 1.807) is 12.6 Å².